The van der Waals surface area contributed by atoms with Crippen LogP contribution in [0.15, 0.2) is 16.7 Å². The van der Waals surface area contributed by atoms with Crippen molar-refractivity contribution in [1.29, 1.82) is 0 Å². The van der Waals surface area contributed by atoms with Gasteiger partial charge in [-0.05, 0) is 53.4 Å². The molecule has 0 amide bonds. The topological polar surface area (TPSA) is 34.1 Å². The van der Waals surface area contributed by atoms with Gasteiger partial charge < -0.3 is 10.1 Å². The molecule has 1 aliphatic heterocycles. The van der Waals surface area contributed by atoms with Gasteiger partial charge in [0, 0.05) is 12.7 Å². The minimum atomic E-state index is 0.222. The highest BCUT2D eigenvalue weighted by Crippen LogP contribution is 2.28. The van der Waals surface area contributed by atoms with E-state index in [0.717, 1.165) is 29.5 Å². The number of aryl methyl sites for hydroxylation is 1. The van der Waals surface area contributed by atoms with Crippen molar-refractivity contribution >= 4 is 15.9 Å². The Morgan fingerprint density at radius 1 is 1.56 bits per heavy atom. The Balaban J connectivity index is 2.10. The predicted molar refractivity (Wildman–Crippen MR) is 67.7 cm³/mol. The second kappa shape index (κ2) is 5.15. The van der Waals surface area contributed by atoms with Gasteiger partial charge in [0.1, 0.15) is 6.10 Å². The molecule has 1 N–H and O–H groups in total. The van der Waals surface area contributed by atoms with Crippen LogP contribution in [0.1, 0.15) is 18.9 Å². The van der Waals surface area contributed by atoms with E-state index in [1.54, 1.807) is 6.20 Å². The summed E-state index contributed by atoms with van der Waals surface area (Å²) in [4.78, 5) is 4.27. The van der Waals surface area contributed by atoms with Crippen LogP contribution in [0.2, 0.25) is 0 Å². The van der Waals surface area contributed by atoms with Crippen LogP contribution in [0.4, 0.5) is 0 Å². The van der Waals surface area contributed by atoms with Crippen LogP contribution in [-0.2, 0) is 0 Å². The third kappa shape index (κ3) is 2.55. The predicted octanol–water partition coefficient (Wildman–Crippen LogP) is 2.53. The minimum absolute atomic E-state index is 0.222. The summed E-state index contributed by atoms with van der Waals surface area (Å²) in [5.74, 6) is 1.29. The molecule has 0 bridgehead atoms. The maximum absolute atomic E-state index is 5.96. The van der Waals surface area contributed by atoms with Crippen molar-refractivity contribution in [3.63, 3.8) is 0 Å². The second-order valence-electron chi connectivity index (χ2n) is 4.37. The fraction of sp³-hybridized carbons (Fsp3) is 0.583. The van der Waals surface area contributed by atoms with E-state index in [1.807, 2.05) is 13.0 Å². The zero-order valence-electron chi connectivity index (χ0n) is 9.66. The maximum Gasteiger partial charge on any atom is 0.228 e. The van der Waals surface area contributed by atoms with E-state index in [1.165, 1.54) is 0 Å². The van der Waals surface area contributed by atoms with E-state index in [9.17, 15) is 0 Å². The van der Waals surface area contributed by atoms with E-state index < -0.39 is 0 Å². The Morgan fingerprint density at radius 2 is 2.38 bits per heavy atom. The molecular formula is C12H17BrN2O. The van der Waals surface area contributed by atoms with E-state index in [0.29, 0.717) is 11.8 Å². The van der Waals surface area contributed by atoms with Crippen LogP contribution < -0.4 is 10.1 Å². The molecule has 3 nitrogen and oxygen atoms in total. The van der Waals surface area contributed by atoms with Crippen LogP contribution in [0, 0.1) is 12.8 Å². The normalized spacial score (nSPS) is 25.4. The van der Waals surface area contributed by atoms with Crippen LogP contribution in [-0.4, -0.2) is 24.2 Å². The average Bonchev–Trinajstić information content (AvgIpc) is 2.28. The molecule has 1 aromatic heterocycles. The molecule has 0 aromatic carbocycles. The first-order valence-corrected chi connectivity index (χ1v) is 6.46. The van der Waals surface area contributed by atoms with Gasteiger partial charge in [0.15, 0.2) is 0 Å². The molecule has 1 fully saturated rings. The lowest BCUT2D eigenvalue weighted by atomic mass is 9.97. The van der Waals surface area contributed by atoms with E-state index >= 15 is 0 Å². The fourth-order valence-corrected chi connectivity index (χ4v) is 2.19. The molecule has 88 valence electrons. The van der Waals surface area contributed by atoms with E-state index in [2.05, 4.69) is 33.2 Å². The van der Waals surface area contributed by atoms with Crippen LogP contribution in [0.25, 0.3) is 0 Å². The molecule has 2 heterocycles. The highest BCUT2D eigenvalue weighted by molar-refractivity contribution is 9.10. The second-order valence-corrected chi connectivity index (χ2v) is 5.17. The zero-order valence-corrected chi connectivity index (χ0v) is 11.3. The number of ether oxygens (including phenoxy) is 1. The van der Waals surface area contributed by atoms with Gasteiger partial charge in [0.05, 0.1) is 4.47 Å². The minimum Gasteiger partial charge on any atom is -0.472 e. The van der Waals surface area contributed by atoms with Crippen molar-refractivity contribution in [2.24, 2.45) is 5.92 Å². The smallest absolute Gasteiger partial charge is 0.228 e. The molecule has 1 aliphatic rings. The molecular weight excluding hydrogens is 268 g/mol. The summed E-state index contributed by atoms with van der Waals surface area (Å²) in [7, 11) is 0. The van der Waals surface area contributed by atoms with Crippen molar-refractivity contribution in [2.75, 3.05) is 13.1 Å². The first-order chi connectivity index (χ1) is 7.68. The molecule has 1 aromatic rings. The van der Waals surface area contributed by atoms with Crippen LogP contribution >= 0.6 is 15.9 Å². The fourth-order valence-electron chi connectivity index (χ4n) is 1.86. The Kier molecular flexibility index (Phi) is 3.82. The lowest BCUT2D eigenvalue weighted by Crippen LogP contribution is -2.43. The van der Waals surface area contributed by atoms with Gasteiger partial charge in [0.2, 0.25) is 5.88 Å². The molecule has 4 heteroatoms. The number of nitrogens with zero attached hydrogens (tertiary/aromatic N) is 1. The Bertz CT molecular complexity index is 370. The highest BCUT2D eigenvalue weighted by Gasteiger charge is 2.23. The van der Waals surface area contributed by atoms with Crippen molar-refractivity contribution in [1.82, 2.24) is 10.3 Å². The van der Waals surface area contributed by atoms with Crippen molar-refractivity contribution in [3.05, 3.63) is 22.3 Å². The average molecular weight is 285 g/mol. The third-order valence-electron chi connectivity index (χ3n) is 3.07. The summed E-state index contributed by atoms with van der Waals surface area (Å²) in [5.41, 5.74) is 1.15. The molecule has 0 saturated carbocycles. The lowest BCUT2D eigenvalue weighted by Gasteiger charge is -2.29. The van der Waals surface area contributed by atoms with E-state index in [-0.39, 0.29) is 6.10 Å². The van der Waals surface area contributed by atoms with Gasteiger partial charge in [-0.15, -0.1) is 0 Å². The molecule has 0 spiro atoms. The summed E-state index contributed by atoms with van der Waals surface area (Å²) in [6.45, 7) is 6.27. The summed E-state index contributed by atoms with van der Waals surface area (Å²) in [6.07, 6.45) is 3.17. The van der Waals surface area contributed by atoms with Gasteiger partial charge in [-0.1, -0.05) is 6.92 Å². The largest absolute Gasteiger partial charge is 0.472 e. The highest BCUT2D eigenvalue weighted by atomic mass is 79.9. The standard InChI is InChI=1S/C12H17BrN2O/c1-8-3-5-14-7-10(8)16-12-11(13)9(2)4-6-15-12/h4,6,8,10,14H,3,5,7H2,1-2H3. The number of nitrogens with one attached hydrogen (secondary N) is 1. The molecule has 2 rings (SSSR count). The SMILES string of the molecule is Cc1ccnc(OC2CNCCC2C)c1Br. The van der Waals surface area contributed by atoms with Crippen LogP contribution in [0.3, 0.4) is 0 Å². The summed E-state index contributed by atoms with van der Waals surface area (Å²) in [6, 6.07) is 1.97. The number of hydrogen-bond donors (Lipinski definition) is 1. The van der Waals surface area contributed by atoms with Crippen molar-refractivity contribution < 1.29 is 4.74 Å². The van der Waals surface area contributed by atoms with Gasteiger partial charge in [0.25, 0.3) is 0 Å². The zero-order chi connectivity index (χ0) is 11.5. The van der Waals surface area contributed by atoms with Crippen molar-refractivity contribution in [3.8, 4) is 5.88 Å². The van der Waals surface area contributed by atoms with Gasteiger partial charge in [-0.3, -0.25) is 0 Å². The Labute approximate surface area is 105 Å². The molecule has 0 aliphatic carbocycles. The summed E-state index contributed by atoms with van der Waals surface area (Å²) in [5, 5.41) is 3.35. The first-order valence-electron chi connectivity index (χ1n) is 5.67. The Morgan fingerprint density at radius 3 is 3.12 bits per heavy atom. The molecule has 16 heavy (non-hydrogen) atoms. The lowest BCUT2D eigenvalue weighted by molar-refractivity contribution is 0.109. The molecule has 0 radical (unpaired) electrons. The van der Waals surface area contributed by atoms with Gasteiger partial charge in [-0.2, -0.15) is 0 Å². The number of halogens is 1. The van der Waals surface area contributed by atoms with Gasteiger partial charge >= 0.3 is 0 Å². The monoisotopic (exact) mass is 284 g/mol. The summed E-state index contributed by atoms with van der Waals surface area (Å²) < 4.78 is 6.92. The number of pyridine rings is 1. The van der Waals surface area contributed by atoms with Crippen molar-refractivity contribution in [2.45, 2.75) is 26.4 Å². The number of piperidine rings is 1. The Hall–Kier alpha value is -0.610. The van der Waals surface area contributed by atoms with Crippen LogP contribution in [0.5, 0.6) is 5.88 Å². The summed E-state index contributed by atoms with van der Waals surface area (Å²) >= 11 is 3.52. The number of rotatable bonds is 2. The van der Waals surface area contributed by atoms with E-state index in [4.69, 9.17) is 4.74 Å². The number of aromatic nitrogens is 1. The molecule has 2 atom stereocenters. The molecule has 2 unspecified atom stereocenters. The molecule has 1 saturated heterocycles. The maximum atomic E-state index is 5.96. The third-order valence-corrected chi connectivity index (χ3v) is 4.03. The quantitative estimate of drug-likeness (QED) is 0.906. The first kappa shape index (κ1) is 11.9. The number of hydrogen-bond acceptors (Lipinski definition) is 3. The van der Waals surface area contributed by atoms with Gasteiger partial charge in [-0.25, -0.2) is 4.98 Å².